The lowest BCUT2D eigenvalue weighted by Crippen LogP contribution is -2.14. The van der Waals surface area contributed by atoms with Crippen LogP contribution in [0.5, 0.6) is 0 Å². The number of nitrogens with one attached hydrogen (secondary N) is 2. The van der Waals surface area contributed by atoms with Crippen LogP contribution in [-0.4, -0.2) is 17.6 Å². The molecule has 4 nitrogen and oxygen atoms in total. The van der Waals surface area contributed by atoms with Gasteiger partial charge >= 0.3 is 0 Å². The summed E-state index contributed by atoms with van der Waals surface area (Å²) in [6.45, 7) is 3.51. The largest absolute Gasteiger partial charge is 0.326 e. The highest BCUT2D eigenvalue weighted by Crippen LogP contribution is 2.17. The number of hydrogen-bond acceptors (Lipinski definition) is 3. The lowest BCUT2D eigenvalue weighted by atomic mass is 10.2. The summed E-state index contributed by atoms with van der Waals surface area (Å²) in [4.78, 5) is 23.0. The number of benzene rings is 2. The molecule has 2 aromatic rings. The van der Waals surface area contributed by atoms with E-state index in [0.29, 0.717) is 17.1 Å². The highest BCUT2D eigenvalue weighted by atomic mass is 32.2. The Kier molecular flexibility index (Phi) is 6.23. The Labute approximate surface area is 140 Å². The van der Waals surface area contributed by atoms with E-state index in [4.69, 9.17) is 0 Å². The molecule has 0 aliphatic heterocycles. The predicted molar refractivity (Wildman–Crippen MR) is 96.7 cm³/mol. The molecule has 2 rings (SSSR count). The zero-order valence-corrected chi connectivity index (χ0v) is 14.1. The molecule has 0 radical (unpaired) electrons. The second-order valence-corrected chi connectivity index (χ2v) is 6.27. The highest BCUT2D eigenvalue weighted by molar-refractivity contribution is 7.99. The first-order valence-corrected chi connectivity index (χ1v) is 8.49. The molecule has 120 valence electrons. The van der Waals surface area contributed by atoms with Gasteiger partial charge in [0.1, 0.15) is 0 Å². The predicted octanol–water partition coefficient (Wildman–Crippen LogP) is 3.83. The lowest BCUT2D eigenvalue weighted by Gasteiger charge is -2.08. The van der Waals surface area contributed by atoms with Gasteiger partial charge in [-0.25, -0.2) is 0 Å². The van der Waals surface area contributed by atoms with Gasteiger partial charge in [-0.3, -0.25) is 9.59 Å². The molecule has 0 atom stereocenters. The first kappa shape index (κ1) is 17.1. The van der Waals surface area contributed by atoms with E-state index in [-0.39, 0.29) is 11.8 Å². The van der Waals surface area contributed by atoms with Gasteiger partial charge in [0, 0.05) is 24.1 Å². The summed E-state index contributed by atoms with van der Waals surface area (Å²) >= 11 is 1.57. The molecule has 0 spiro atoms. The Morgan fingerprint density at radius 1 is 1.00 bits per heavy atom. The summed E-state index contributed by atoms with van der Waals surface area (Å²) in [5.74, 6) is 1.00. The lowest BCUT2D eigenvalue weighted by molar-refractivity contribution is -0.114. The summed E-state index contributed by atoms with van der Waals surface area (Å²) in [6.07, 6.45) is 0. The zero-order chi connectivity index (χ0) is 16.7. The average molecular weight is 328 g/mol. The fourth-order valence-electron chi connectivity index (χ4n) is 2.02. The van der Waals surface area contributed by atoms with Gasteiger partial charge in [-0.2, -0.15) is 0 Å². The maximum absolute atomic E-state index is 12.0. The smallest absolute Gasteiger partial charge is 0.234 e. The van der Waals surface area contributed by atoms with E-state index in [0.717, 1.165) is 5.75 Å². The van der Waals surface area contributed by atoms with E-state index < -0.39 is 0 Å². The van der Waals surface area contributed by atoms with Crippen molar-refractivity contribution in [3.8, 4) is 0 Å². The second-order valence-electron chi connectivity index (χ2n) is 5.29. The third-order valence-corrected chi connectivity index (χ3v) is 4.09. The molecule has 0 saturated heterocycles. The molecule has 2 amide bonds. The van der Waals surface area contributed by atoms with Crippen LogP contribution in [0.1, 0.15) is 18.1 Å². The van der Waals surface area contributed by atoms with Crippen LogP contribution in [0, 0.1) is 6.92 Å². The summed E-state index contributed by atoms with van der Waals surface area (Å²) in [5.41, 5.74) is 3.79. The Morgan fingerprint density at radius 2 is 1.65 bits per heavy atom. The molecule has 0 aliphatic carbocycles. The molecular formula is C18H20N2O2S. The Balaban J connectivity index is 1.80. The van der Waals surface area contributed by atoms with Crippen LogP contribution >= 0.6 is 11.8 Å². The molecule has 0 unspecified atom stereocenters. The molecule has 23 heavy (non-hydrogen) atoms. The van der Waals surface area contributed by atoms with Crippen LogP contribution in [0.2, 0.25) is 0 Å². The van der Waals surface area contributed by atoms with Crippen molar-refractivity contribution in [1.29, 1.82) is 0 Å². The van der Waals surface area contributed by atoms with Crippen LogP contribution in [0.15, 0.2) is 48.5 Å². The van der Waals surface area contributed by atoms with Crippen LogP contribution < -0.4 is 10.6 Å². The van der Waals surface area contributed by atoms with Crippen molar-refractivity contribution in [2.24, 2.45) is 0 Å². The van der Waals surface area contributed by atoms with Crippen LogP contribution in [0.3, 0.4) is 0 Å². The van der Waals surface area contributed by atoms with Crippen LogP contribution in [0.4, 0.5) is 11.4 Å². The van der Waals surface area contributed by atoms with Crippen molar-refractivity contribution in [2.45, 2.75) is 19.6 Å². The first-order chi connectivity index (χ1) is 11.0. The van der Waals surface area contributed by atoms with Crippen molar-refractivity contribution in [2.75, 3.05) is 16.4 Å². The number of carbonyl (C=O) groups excluding carboxylic acids is 2. The van der Waals surface area contributed by atoms with Crippen molar-refractivity contribution in [1.82, 2.24) is 0 Å². The van der Waals surface area contributed by atoms with Gasteiger partial charge in [-0.1, -0.05) is 35.9 Å². The van der Waals surface area contributed by atoms with E-state index in [1.165, 1.54) is 18.1 Å². The Morgan fingerprint density at radius 3 is 2.30 bits per heavy atom. The van der Waals surface area contributed by atoms with E-state index in [1.807, 2.05) is 0 Å². The third kappa shape index (κ3) is 6.16. The van der Waals surface area contributed by atoms with E-state index in [9.17, 15) is 9.59 Å². The molecule has 0 aliphatic rings. The summed E-state index contributed by atoms with van der Waals surface area (Å²) < 4.78 is 0. The van der Waals surface area contributed by atoms with Crippen molar-refractivity contribution in [3.05, 3.63) is 59.7 Å². The fraction of sp³-hybridized carbons (Fsp3) is 0.222. The molecule has 2 aromatic carbocycles. The molecule has 0 fully saturated rings. The SMILES string of the molecule is CC(=O)Nc1cccc(NC(=O)CSCc2ccc(C)cc2)c1. The normalized spacial score (nSPS) is 10.2. The van der Waals surface area contributed by atoms with Crippen molar-refractivity contribution >= 4 is 35.0 Å². The van der Waals surface area contributed by atoms with Gasteiger partial charge < -0.3 is 10.6 Å². The standard InChI is InChI=1S/C18H20N2O2S/c1-13-6-8-15(9-7-13)11-23-12-18(22)20-17-5-3-4-16(10-17)19-14(2)21/h3-10H,11-12H2,1-2H3,(H,19,21)(H,20,22). The minimum atomic E-state index is -0.137. The quantitative estimate of drug-likeness (QED) is 0.847. The van der Waals surface area contributed by atoms with Crippen LogP contribution in [-0.2, 0) is 15.3 Å². The molecule has 0 bridgehead atoms. The van der Waals surface area contributed by atoms with Gasteiger partial charge in [0.2, 0.25) is 11.8 Å². The number of hydrogen-bond donors (Lipinski definition) is 2. The van der Waals surface area contributed by atoms with Gasteiger partial charge in [0.25, 0.3) is 0 Å². The Hall–Kier alpha value is -2.27. The first-order valence-electron chi connectivity index (χ1n) is 7.34. The van der Waals surface area contributed by atoms with Gasteiger partial charge in [-0.05, 0) is 30.7 Å². The van der Waals surface area contributed by atoms with Gasteiger partial charge in [0.15, 0.2) is 0 Å². The number of carbonyl (C=O) groups is 2. The molecule has 0 saturated carbocycles. The van der Waals surface area contributed by atoms with Gasteiger partial charge in [-0.15, -0.1) is 11.8 Å². The molecule has 0 aromatic heterocycles. The number of rotatable bonds is 6. The van der Waals surface area contributed by atoms with Crippen molar-refractivity contribution < 1.29 is 9.59 Å². The number of amides is 2. The van der Waals surface area contributed by atoms with Crippen LogP contribution in [0.25, 0.3) is 0 Å². The Bertz CT molecular complexity index is 684. The number of aryl methyl sites for hydroxylation is 1. The highest BCUT2D eigenvalue weighted by Gasteiger charge is 2.04. The zero-order valence-electron chi connectivity index (χ0n) is 13.3. The fourth-order valence-corrected chi connectivity index (χ4v) is 2.81. The minimum absolute atomic E-state index is 0.0536. The molecular weight excluding hydrogens is 308 g/mol. The topological polar surface area (TPSA) is 58.2 Å². The monoisotopic (exact) mass is 328 g/mol. The van der Waals surface area contributed by atoms with Gasteiger partial charge in [0.05, 0.1) is 5.75 Å². The molecule has 2 N–H and O–H groups in total. The summed E-state index contributed by atoms with van der Waals surface area (Å²) in [6, 6.07) is 15.4. The minimum Gasteiger partial charge on any atom is -0.326 e. The third-order valence-electron chi connectivity index (χ3n) is 3.09. The maximum Gasteiger partial charge on any atom is 0.234 e. The maximum atomic E-state index is 12.0. The van der Waals surface area contributed by atoms with E-state index in [1.54, 1.807) is 36.0 Å². The molecule has 0 heterocycles. The van der Waals surface area contributed by atoms with Crippen molar-refractivity contribution in [3.63, 3.8) is 0 Å². The summed E-state index contributed by atoms with van der Waals surface area (Å²) in [7, 11) is 0. The number of thioether (sulfide) groups is 1. The summed E-state index contributed by atoms with van der Waals surface area (Å²) in [5, 5.41) is 5.53. The molecule has 5 heteroatoms. The average Bonchev–Trinajstić information content (AvgIpc) is 2.49. The van der Waals surface area contributed by atoms with E-state index in [2.05, 4.69) is 41.8 Å². The second kappa shape index (κ2) is 8.39. The number of anilines is 2. The van der Waals surface area contributed by atoms with E-state index >= 15 is 0 Å².